The third-order valence-corrected chi connectivity index (χ3v) is 8.57. The van der Waals surface area contributed by atoms with E-state index in [-0.39, 0.29) is 31.9 Å². The summed E-state index contributed by atoms with van der Waals surface area (Å²) in [4.78, 5) is 5.41. The van der Waals surface area contributed by atoms with Crippen molar-refractivity contribution in [1.29, 1.82) is 0 Å². The van der Waals surface area contributed by atoms with Gasteiger partial charge in [0.05, 0.1) is 11.0 Å². The molecule has 0 aliphatic rings. The van der Waals surface area contributed by atoms with Gasteiger partial charge in [-0.05, 0) is 67.5 Å². The number of hydrogen-bond donors (Lipinski definition) is 0. The number of rotatable bonds is 7. The molecule has 0 aliphatic carbocycles. The van der Waals surface area contributed by atoms with Gasteiger partial charge in [-0.15, -0.1) is 5.69 Å². The Hall–Kier alpha value is -3.56. The van der Waals surface area contributed by atoms with E-state index < -0.39 is 0 Å². The molecule has 0 spiro atoms. The van der Waals surface area contributed by atoms with Crippen LogP contribution in [0.2, 0.25) is 0 Å². The van der Waals surface area contributed by atoms with Crippen molar-refractivity contribution in [2.75, 3.05) is 42.3 Å². The van der Waals surface area contributed by atoms with Gasteiger partial charge < -0.3 is 25.8 Å². The average molecular weight is 864 g/mol. The molecule has 0 radical (unpaired) electrons. The zero-order valence-electron chi connectivity index (χ0n) is 33.9. The molecule has 7 nitrogen and oxygen atoms in total. The predicted octanol–water partition coefficient (Wildman–Crippen LogP) is 12.3. The molecule has 0 saturated heterocycles. The summed E-state index contributed by atoms with van der Waals surface area (Å²) in [6, 6.07) is 28.2. The fourth-order valence-electron chi connectivity index (χ4n) is 6.66. The van der Waals surface area contributed by atoms with Crippen LogP contribution in [-0.2, 0) is 32.9 Å². The van der Waals surface area contributed by atoms with Crippen molar-refractivity contribution in [3.63, 3.8) is 0 Å². The van der Waals surface area contributed by atoms with E-state index in [0.717, 1.165) is 28.4 Å². The quantitative estimate of drug-likeness (QED) is 0.147. The van der Waals surface area contributed by atoms with Crippen LogP contribution in [0.1, 0.15) is 84.8 Å². The Bertz CT molecular complexity index is 1880. The fraction of sp³-hybridized carbons (Fsp3) is 0.386. The van der Waals surface area contributed by atoms with Gasteiger partial charge in [0.15, 0.2) is 5.82 Å². The van der Waals surface area contributed by atoms with Crippen LogP contribution in [0.25, 0.3) is 48.9 Å². The van der Waals surface area contributed by atoms with Crippen molar-refractivity contribution in [2.24, 2.45) is 7.05 Å². The summed E-state index contributed by atoms with van der Waals surface area (Å²) < 4.78 is 4.47. The molecule has 6 rings (SSSR count). The Kier molecular flexibility index (Phi) is 18.2. The molecule has 0 aliphatic heterocycles. The molecule has 0 saturated carbocycles. The van der Waals surface area contributed by atoms with Gasteiger partial charge in [0.2, 0.25) is 0 Å². The second kappa shape index (κ2) is 21.2. The molecule has 0 fully saturated rings. The van der Waals surface area contributed by atoms with Crippen molar-refractivity contribution in [3.05, 3.63) is 146 Å². The topological polar surface area (TPSA) is 79.2 Å². The van der Waals surface area contributed by atoms with Crippen molar-refractivity contribution in [2.45, 2.75) is 66.3 Å². The molecule has 1 unspecified atom stereocenters. The number of nitrogens with zero attached hydrogens (tertiary/aromatic N) is 7. The fourth-order valence-corrected chi connectivity index (χ4v) is 6.66. The standard InChI is InChI=1S/C38H41N4.3C2H6N.Hf/c1-23(2)28-16-13-17-29(24(3)4)36(28)40-37(35-26(6)20-25(5)21-27(35)7)38-39-34(22-41(38)8)42-32-18-11-9-14-30(32)31-15-10-12-19-33(31)42;3*1-3-2;/h9-24,37H,1-8H3;3*1-2H3;/q4*-1;+4. The average Bonchev–Trinajstić information content (AvgIpc) is 3.62. The van der Waals surface area contributed by atoms with Gasteiger partial charge in [-0.2, -0.15) is 42.3 Å². The maximum absolute atomic E-state index is 5.68. The molecule has 6 aromatic rings. The van der Waals surface area contributed by atoms with E-state index in [9.17, 15) is 0 Å². The van der Waals surface area contributed by atoms with Gasteiger partial charge in [-0.1, -0.05) is 111 Å². The minimum Gasteiger partial charge on any atom is -0.671 e. The van der Waals surface area contributed by atoms with Gasteiger partial charge >= 0.3 is 25.8 Å². The second-order valence-corrected chi connectivity index (χ2v) is 13.7. The SMILES string of the molecule is C[N-]C.C[N-]C.C[N-]C.Cc1cc(C)c(C([N-]c2c(C(C)C)cccc2C(C)C)c2nc(-n3c4ccccc4c4ccccc43)cn2C)c(C)c1.[Hf+4]. The van der Waals surface area contributed by atoms with Gasteiger partial charge in [-0.25, -0.2) is 4.98 Å². The van der Waals surface area contributed by atoms with Crippen LogP contribution in [0.5, 0.6) is 0 Å². The van der Waals surface area contributed by atoms with Crippen LogP contribution < -0.4 is 0 Å². The minimum absolute atomic E-state index is 0. The molecular weight excluding hydrogens is 805 g/mol. The monoisotopic (exact) mass is 865 g/mol. The third kappa shape index (κ3) is 10.3. The third-order valence-electron chi connectivity index (χ3n) is 8.57. The molecule has 2 heterocycles. The molecule has 2 aromatic heterocycles. The van der Waals surface area contributed by atoms with Crippen molar-refractivity contribution in [1.82, 2.24) is 14.1 Å². The molecule has 0 bridgehead atoms. The van der Waals surface area contributed by atoms with Crippen molar-refractivity contribution in [3.8, 4) is 5.82 Å². The van der Waals surface area contributed by atoms with Crippen molar-refractivity contribution >= 4 is 27.5 Å². The number of aryl methyl sites for hydroxylation is 4. The number of para-hydroxylation sites is 3. The first-order chi connectivity index (χ1) is 24.4. The van der Waals surface area contributed by atoms with Crippen molar-refractivity contribution < 1.29 is 25.8 Å². The zero-order chi connectivity index (χ0) is 37.8. The Balaban J connectivity index is 0.000000852. The molecule has 1 atom stereocenters. The Morgan fingerprint density at radius 2 is 1.04 bits per heavy atom. The van der Waals surface area contributed by atoms with E-state index in [0.29, 0.717) is 11.8 Å². The minimum atomic E-state index is -0.255. The van der Waals surface area contributed by atoms with E-state index in [1.807, 2.05) is 0 Å². The zero-order valence-corrected chi connectivity index (χ0v) is 37.5. The Morgan fingerprint density at radius 1 is 0.615 bits per heavy atom. The van der Waals surface area contributed by atoms with Crippen LogP contribution in [-0.4, -0.2) is 56.4 Å². The maximum atomic E-state index is 5.68. The smallest absolute Gasteiger partial charge is 0.671 e. The Morgan fingerprint density at radius 3 is 1.46 bits per heavy atom. The number of aromatic nitrogens is 3. The van der Waals surface area contributed by atoms with Crippen LogP contribution in [0.15, 0.2) is 85.1 Å². The first-order valence-electron chi connectivity index (χ1n) is 17.8. The summed E-state index contributed by atoms with van der Waals surface area (Å²) in [5.74, 6) is 2.57. The molecule has 8 heteroatoms. The van der Waals surface area contributed by atoms with E-state index in [1.165, 1.54) is 44.2 Å². The summed E-state index contributed by atoms with van der Waals surface area (Å²) in [5.41, 5.74) is 11.0. The predicted molar refractivity (Wildman–Crippen MR) is 223 cm³/mol. The van der Waals surface area contributed by atoms with E-state index in [4.69, 9.17) is 10.3 Å². The number of hydrogen-bond acceptors (Lipinski definition) is 1. The molecule has 0 N–H and O–H groups in total. The van der Waals surface area contributed by atoms with E-state index >= 15 is 0 Å². The van der Waals surface area contributed by atoms with Crippen LogP contribution in [0.3, 0.4) is 0 Å². The van der Waals surface area contributed by atoms with Gasteiger partial charge in [0.25, 0.3) is 0 Å². The summed E-state index contributed by atoms with van der Waals surface area (Å²) in [6.07, 6.45) is 2.16. The van der Waals surface area contributed by atoms with Gasteiger partial charge in [0.1, 0.15) is 5.82 Å². The molecule has 4 aromatic carbocycles. The number of fused-ring (bicyclic) bond motifs is 3. The van der Waals surface area contributed by atoms with Gasteiger partial charge in [-0.3, -0.25) is 4.57 Å². The second-order valence-electron chi connectivity index (χ2n) is 13.7. The summed E-state index contributed by atoms with van der Waals surface area (Å²) in [7, 11) is 12.6. The van der Waals surface area contributed by atoms with Crippen LogP contribution >= 0.6 is 0 Å². The summed E-state index contributed by atoms with van der Waals surface area (Å²) in [6.45, 7) is 15.6. The van der Waals surface area contributed by atoms with Gasteiger partial charge in [0, 0.05) is 24.0 Å². The number of imidazole rings is 1. The van der Waals surface area contributed by atoms with E-state index in [1.54, 1.807) is 42.3 Å². The largest absolute Gasteiger partial charge is 4.00 e. The molecular formula is C44H59HfN7. The normalized spacial score (nSPS) is 11.2. The first-order valence-corrected chi connectivity index (χ1v) is 17.8. The molecule has 52 heavy (non-hydrogen) atoms. The van der Waals surface area contributed by atoms with Crippen LogP contribution in [0.4, 0.5) is 5.69 Å². The Labute approximate surface area is 332 Å². The maximum Gasteiger partial charge on any atom is 4.00 e. The summed E-state index contributed by atoms with van der Waals surface area (Å²) >= 11 is 0. The number of benzene rings is 4. The first kappa shape index (κ1) is 44.6. The molecule has 274 valence electrons. The van der Waals surface area contributed by atoms with Crippen LogP contribution in [0, 0.1) is 20.8 Å². The molecule has 0 amide bonds. The van der Waals surface area contributed by atoms with E-state index in [2.05, 4.69) is 166 Å². The summed E-state index contributed by atoms with van der Waals surface area (Å²) in [5, 5.41) is 18.7.